The zero-order valence-electron chi connectivity index (χ0n) is 22.3. The fourth-order valence-electron chi connectivity index (χ4n) is 5.09. The van der Waals surface area contributed by atoms with Crippen LogP contribution in [0.5, 0.6) is 11.5 Å². The van der Waals surface area contributed by atoms with Gasteiger partial charge in [0.25, 0.3) is 5.91 Å². The first kappa shape index (κ1) is 29.8. The Kier molecular flexibility index (Phi) is 8.44. The lowest BCUT2D eigenvalue weighted by Gasteiger charge is -2.39. The lowest BCUT2D eigenvalue weighted by molar-refractivity contribution is -0.274. The number of hydrogen-bond donors (Lipinski definition) is 2. The summed E-state index contributed by atoms with van der Waals surface area (Å²) >= 11 is 0. The monoisotopic (exact) mass is 610 g/mol. The van der Waals surface area contributed by atoms with Gasteiger partial charge in [-0.1, -0.05) is 17.3 Å². The molecule has 0 bridgehead atoms. The zero-order chi connectivity index (χ0) is 30.0. The van der Waals surface area contributed by atoms with Crippen molar-refractivity contribution in [2.45, 2.75) is 60.6 Å². The second kappa shape index (κ2) is 11.9. The maximum absolute atomic E-state index is 13.6. The van der Waals surface area contributed by atoms with Gasteiger partial charge in [-0.25, -0.2) is 13.9 Å². The first-order valence-electron chi connectivity index (χ1n) is 13.4. The molecule has 1 aromatic heterocycles. The molecule has 0 radical (unpaired) electrons. The van der Waals surface area contributed by atoms with Crippen LogP contribution in [-0.2, 0) is 21.1 Å². The van der Waals surface area contributed by atoms with E-state index in [-0.39, 0.29) is 48.0 Å². The largest absolute Gasteiger partial charge is 0.573 e. The average Bonchev–Trinajstić information content (AvgIpc) is 3.72. The third-order valence-electron chi connectivity index (χ3n) is 7.46. The molecule has 2 aromatic carbocycles. The van der Waals surface area contributed by atoms with Crippen molar-refractivity contribution in [1.29, 1.82) is 0 Å². The van der Waals surface area contributed by atoms with Crippen molar-refractivity contribution in [3.8, 4) is 22.9 Å². The van der Waals surface area contributed by atoms with Crippen molar-refractivity contribution in [3.63, 3.8) is 0 Å². The van der Waals surface area contributed by atoms with Crippen LogP contribution in [-0.4, -0.2) is 71.4 Å². The molecule has 2 fully saturated rings. The molecule has 0 atom stereocenters. The molecule has 11 nitrogen and oxygen atoms in total. The highest BCUT2D eigenvalue weighted by Crippen LogP contribution is 2.39. The Labute approximate surface area is 239 Å². The number of aryl methyl sites for hydroxylation is 1. The number of halogens is 3. The van der Waals surface area contributed by atoms with E-state index in [1.165, 1.54) is 42.5 Å². The predicted octanol–water partition coefficient (Wildman–Crippen LogP) is 3.92. The number of aromatic nitrogens is 2. The molecule has 1 saturated carbocycles. The normalized spacial score (nSPS) is 17.5. The SMILES string of the molecule is O=C(NO)C1(S(=O)(=O)c2ccc(OCCCc3nc(-c4ccccc4OC(F)(F)F)no3)cc2)CCN(C2CC2)CC1. The van der Waals surface area contributed by atoms with Crippen LogP contribution in [0, 0.1) is 0 Å². The highest BCUT2D eigenvalue weighted by Gasteiger charge is 2.54. The molecule has 1 aliphatic carbocycles. The summed E-state index contributed by atoms with van der Waals surface area (Å²) in [6.07, 6.45) is -1.88. The lowest BCUT2D eigenvalue weighted by Crippen LogP contribution is -2.58. The Morgan fingerprint density at radius 1 is 1.12 bits per heavy atom. The zero-order valence-corrected chi connectivity index (χ0v) is 23.2. The van der Waals surface area contributed by atoms with Gasteiger partial charge in [0.15, 0.2) is 14.6 Å². The standard InChI is InChI=1S/C27H29F3N4O7S/c28-27(29,30)40-22-5-2-1-4-21(22)24-31-23(41-33-24)6-3-17-39-19-9-11-20(12-10-19)42(37,38)26(25(35)32-36)13-15-34(16-14-26)18-7-8-18/h1-2,4-5,9-12,18,36H,3,6-8,13-17H2,(H,32,35). The minimum absolute atomic E-state index is 0.0304. The third kappa shape index (κ3) is 6.37. The van der Waals surface area contributed by atoms with E-state index in [1.807, 2.05) is 0 Å². The van der Waals surface area contributed by atoms with Crippen LogP contribution in [0.15, 0.2) is 57.9 Å². The quantitative estimate of drug-likeness (QED) is 0.186. The Morgan fingerprint density at radius 3 is 2.45 bits per heavy atom. The van der Waals surface area contributed by atoms with Gasteiger partial charge in [0.05, 0.1) is 17.1 Å². The van der Waals surface area contributed by atoms with Crippen LogP contribution in [0.3, 0.4) is 0 Å². The minimum atomic E-state index is -4.87. The van der Waals surface area contributed by atoms with Crippen molar-refractivity contribution in [2.24, 2.45) is 0 Å². The van der Waals surface area contributed by atoms with Gasteiger partial charge in [0, 0.05) is 25.6 Å². The Morgan fingerprint density at radius 2 is 1.81 bits per heavy atom. The maximum Gasteiger partial charge on any atom is 0.573 e. The molecular formula is C27H29F3N4O7S. The minimum Gasteiger partial charge on any atom is -0.494 e. The fraction of sp³-hybridized carbons (Fsp3) is 0.444. The Balaban J connectivity index is 1.17. The maximum atomic E-state index is 13.6. The van der Waals surface area contributed by atoms with Gasteiger partial charge in [-0.05, 0) is 68.5 Å². The second-order valence-electron chi connectivity index (χ2n) is 10.2. The molecule has 2 heterocycles. The number of amides is 1. The van der Waals surface area contributed by atoms with Gasteiger partial charge in [0.2, 0.25) is 11.7 Å². The predicted molar refractivity (Wildman–Crippen MR) is 140 cm³/mol. The highest BCUT2D eigenvalue weighted by atomic mass is 32.2. The molecule has 1 saturated heterocycles. The number of para-hydroxylation sites is 1. The molecule has 1 aliphatic heterocycles. The Hall–Kier alpha value is -3.69. The number of piperidine rings is 1. The van der Waals surface area contributed by atoms with E-state index in [1.54, 1.807) is 5.48 Å². The van der Waals surface area contributed by atoms with Crippen molar-refractivity contribution in [2.75, 3.05) is 19.7 Å². The van der Waals surface area contributed by atoms with Crippen molar-refractivity contribution >= 4 is 15.7 Å². The summed E-state index contributed by atoms with van der Waals surface area (Å²) in [7, 11) is -4.13. The van der Waals surface area contributed by atoms with E-state index in [2.05, 4.69) is 19.8 Å². The number of carbonyl (C=O) groups excluding carboxylic acids is 1. The van der Waals surface area contributed by atoms with E-state index in [0.29, 0.717) is 31.3 Å². The van der Waals surface area contributed by atoms with Crippen molar-refractivity contribution in [1.82, 2.24) is 20.5 Å². The van der Waals surface area contributed by atoms with Crippen LogP contribution in [0.4, 0.5) is 13.2 Å². The van der Waals surface area contributed by atoms with E-state index in [4.69, 9.17) is 9.26 Å². The summed E-state index contributed by atoms with van der Waals surface area (Å²) < 4.78 is 78.4. The number of rotatable bonds is 11. The average molecular weight is 611 g/mol. The van der Waals surface area contributed by atoms with Crippen molar-refractivity contribution < 1.29 is 45.6 Å². The molecule has 0 spiro atoms. The summed E-state index contributed by atoms with van der Waals surface area (Å²) in [5.74, 6) is -0.843. The smallest absolute Gasteiger partial charge is 0.494 e. The topological polar surface area (TPSA) is 144 Å². The highest BCUT2D eigenvalue weighted by molar-refractivity contribution is 7.93. The summed E-state index contributed by atoms with van der Waals surface area (Å²) in [6, 6.07) is 11.6. The van der Waals surface area contributed by atoms with E-state index in [0.717, 1.165) is 18.9 Å². The molecule has 2 aliphatic rings. The number of nitrogens with zero attached hydrogens (tertiary/aromatic N) is 3. The van der Waals surface area contributed by atoms with Crippen LogP contribution in [0.2, 0.25) is 0 Å². The fourth-order valence-corrected chi connectivity index (χ4v) is 7.05. The number of carbonyl (C=O) groups is 1. The van der Waals surface area contributed by atoms with Gasteiger partial charge in [0.1, 0.15) is 11.5 Å². The number of nitrogens with one attached hydrogen (secondary N) is 1. The van der Waals surface area contributed by atoms with Gasteiger partial charge in [-0.15, -0.1) is 13.2 Å². The molecule has 0 unspecified atom stereocenters. The van der Waals surface area contributed by atoms with Crippen LogP contribution < -0.4 is 15.0 Å². The molecule has 15 heteroatoms. The van der Waals surface area contributed by atoms with Crippen LogP contribution >= 0.6 is 0 Å². The van der Waals surface area contributed by atoms with Gasteiger partial charge in [-0.2, -0.15) is 4.98 Å². The molecule has 2 N–H and O–H groups in total. The molecular weight excluding hydrogens is 581 g/mol. The molecule has 226 valence electrons. The first-order valence-corrected chi connectivity index (χ1v) is 14.8. The summed E-state index contributed by atoms with van der Waals surface area (Å²) in [5.41, 5.74) is 1.59. The number of hydroxylamine groups is 1. The molecule has 42 heavy (non-hydrogen) atoms. The molecule has 5 rings (SSSR count). The number of benzene rings is 2. The summed E-state index contributed by atoms with van der Waals surface area (Å²) in [5, 5.41) is 13.1. The van der Waals surface area contributed by atoms with Gasteiger partial charge < -0.3 is 18.9 Å². The van der Waals surface area contributed by atoms with Crippen LogP contribution in [0.25, 0.3) is 11.4 Å². The van der Waals surface area contributed by atoms with Gasteiger partial charge >= 0.3 is 6.36 Å². The number of ether oxygens (including phenoxy) is 2. The third-order valence-corrected chi connectivity index (χ3v) is 9.97. The van der Waals surface area contributed by atoms with Crippen LogP contribution in [0.1, 0.15) is 38.0 Å². The number of sulfone groups is 1. The van der Waals surface area contributed by atoms with E-state index >= 15 is 0 Å². The Bertz CT molecular complexity index is 1500. The number of likely N-dealkylation sites (tertiary alicyclic amines) is 1. The lowest BCUT2D eigenvalue weighted by atomic mass is 9.94. The van der Waals surface area contributed by atoms with E-state index in [9.17, 15) is 31.6 Å². The van der Waals surface area contributed by atoms with Gasteiger partial charge in [-0.3, -0.25) is 10.0 Å². The number of hydrogen-bond acceptors (Lipinski definition) is 10. The number of alkyl halides is 3. The van der Waals surface area contributed by atoms with E-state index < -0.39 is 32.6 Å². The summed E-state index contributed by atoms with van der Waals surface area (Å²) in [4.78, 5) is 18.9. The van der Waals surface area contributed by atoms with Crippen molar-refractivity contribution in [3.05, 3.63) is 54.4 Å². The summed E-state index contributed by atoms with van der Waals surface area (Å²) in [6.45, 7) is 1.10. The second-order valence-corrected chi connectivity index (χ2v) is 12.4. The molecule has 1 amide bonds. The molecule has 3 aromatic rings. The first-order chi connectivity index (χ1) is 20.0.